The summed E-state index contributed by atoms with van der Waals surface area (Å²) in [4.78, 5) is 10.2. The van der Waals surface area contributed by atoms with Crippen LogP contribution in [0.15, 0.2) is 0 Å². The molecule has 0 saturated heterocycles. The molecule has 5 heteroatoms. The molecule has 66 valence electrons. The van der Waals surface area contributed by atoms with E-state index in [4.69, 9.17) is 21.7 Å². The Morgan fingerprint density at radius 1 is 1.36 bits per heavy atom. The summed E-state index contributed by atoms with van der Waals surface area (Å²) in [5, 5.41) is 16.9. The summed E-state index contributed by atoms with van der Waals surface area (Å²) >= 11 is 0. The standard InChI is InChI=1S/C6H14N2O3/c7-4(6(10)11)2-1-3-5(8)9/h4-5,9H,1-3,7-8H2,(H,10,11)/t4-,5+/m0/s1. The van der Waals surface area contributed by atoms with Crippen LogP contribution < -0.4 is 11.5 Å². The fourth-order valence-corrected chi connectivity index (χ4v) is 0.670. The maximum absolute atomic E-state index is 10.2. The molecule has 0 fully saturated rings. The lowest BCUT2D eigenvalue weighted by atomic mass is 10.1. The van der Waals surface area contributed by atoms with E-state index in [1.54, 1.807) is 0 Å². The van der Waals surface area contributed by atoms with Crippen molar-refractivity contribution >= 4 is 5.97 Å². The predicted molar refractivity (Wildman–Crippen MR) is 39.7 cm³/mol. The van der Waals surface area contributed by atoms with Gasteiger partial charge in [0.1, 0.15) is 12.3 Å². The lowest BCUT2D eigenvalue weighted by Crippen LogP contribution is -2.30. The van der Waals surface area contributed by atoms with Crippen molar-refractivity contribution in [1.29, 1.82) is 0 Å². The number of carbonyl (C=O) groups is 1. The van der Waals surface area contributed by atoms with E-state index in [0.717, 1.165) is 0 Å². The Balaban J connectivity index is 3.31. The van der Waals surface area contributed by atoms with E-state index >= 15 is 0 Å². The second kappa shape index (κ2) is 5.06. The first kappa shape index (κ1) is 10.3. The number of carboxylic acids is 1. The zero-order valence-corrected chi connectivity index (χ0v) is 6.23. The molecule has 0 spiro atoms. The fraction of sp³-hybridized carbons (Fsp3) is 0.833. The minimum atomic E-state index is -1.02. The van der Waals surface area contributed by atoms with E-state index in [1.807, 2.05) is 0 Å². The number of nitrogens with two attached hydrogens (primary N) is 2. The lowest BCUT2D eigenvalue weighted by Gasteiger charge is -2.06. The summed E-state index contributed by atoms with van der Waals surface area (Å²) in [5.74, 6) is -1.02. The Morgan fingerprint density at radius 3 is 2.27 bits per heavy atom. The zero-order valence-electron chi connectivity index (χ0n) is 6.23. The van der Waals surface area contributed by atoms with Gasteiger partial charge in [-0.05, 0) is 19.3 Å². The van der Waals surface area contributed by atoms with Gasteiger partial charge in [0.15, 0.2) is 0 Å². The van der Waals surface area contributed by atoms with Gasteiger partial charge < -0.3 is 21.7 Å². The second-order valence-electron chi connectivity index (χ2n) is 2.44. The maximum Gasteiger partial charge on any atom is 0.320 e. The van der Waals surface area contributed by atoms with Gasteiger partial charge in [-0.2, -0.15) is 0 Å². The topological polar surface area (TPSA) is 110 Å². The Kier molecular flexibility index (Phi) is 4.76. The van der Waals surface area contributed by atoms with E-state index in [-0.39, 0.29) is 0 Å². The van der Waals surface area contributed by atoms with Crippen molar-refractivity contribution in [2.75, 3.05) is 0 Å². The van der Waals surface area contributed by atoms with E-state index < -0.39 is 18.2 Å². The minimum Gasteiger partial charge on any atom is -0.480 e. The van der Waals surface area contributed by atoms with Crippen LogP contribution in [0.1, 0.15) is 19.3 Å². The maximum atomic E-state index is 10.2. The van der Waals surface area contributed by atoms with Gasteiger partial charge >= 0.3 is 5.97 Å². The van der Waals surface area contributed by atoms with Gasteiger partial charge in [-0.3, -0.25) is 4.79 Å². The predicted octanol–water partition coefficient (Wildman–Crippen LogP) is -1.15. The van der Waals surface area contributed by atoms with Crippen molar-refractivity contribution < 1.29 is 15.0 Å². The molecule has 0 aromatic rings. The summed E-state index contributed by atoms with van der Waals surface area (Å²) in [6.45, 7) is 0. The van der Waals surface area contributed by atoms with Crippen LogP contribution in [0, 0.1) is 0 Å². The van der Waals surface area contributed by atoms with Crippen molar-refractivity contribution in [2.45, 2.75) is 31.5 Å². The molecule has 0 amide bonds. The smallest absolute Gasteiger partial charge is 0.320 e. The summed E-state index contributed by atoms with van der Waals surface area (Å²) in [6, 6.07) is -0.839. The van der Waals surface area contributed by atoms with Crippen LogP contribution in [0.4, 0.5) is 0 Å². The highest BCUT2D eigenvalue weighted by atomic mass is 16.4. The number of hydrogen-bond donors (Lipinski definition) is 4. The van der Waals surface area contributed by atoms with Crippen LogP contribution in [-0.4, -0.2) is 28.5 Å². The van der Waals surface area contributed by atoms with E-state index in [0.29, 0.717) is 19.3 Å². The lowest BCUT2D eigenvalue weighted by molar-refractivity contribution is -0.138. The first-order chi connectivity index (χ1) is 5.04. The number of rotatable bonds is 5. The highest BCUT2D eigenvalue weighted by Gasteiger charge is 2.10. The van der Waals surface area contributed by atoms with Gasteiger partial charge in [-0.15, -0.1) is 0 Å². The Hall–Kier alpha value is -0.650. The normalized spacial score (nSPS) is 15.9. The third-order valence-electron chi connectivity index (χ3n) is 1.33. The van der Waals surface area contributed by atoms with Gasteiger partial charge in [-0.1, -0.05) is 0 Å². The average Bonchev–Trinajstić information content (AvgIpc) is 1.86. The molecule has 0 heterocycles. The number of aliphatic hydroxyl groups is 1. The molecule has 0 aliphatic rings. The van der Waals surface area contributed by atoms with Crippen LogP contribution >= 0.6 is 0 Å². The molecule has 11 heavy (non-hydrogen) atoms. The number of aliphatic carboxylic acids is 1. The van der Waals surface area contributed by atoms with Gasteiger partial charge in [0, 0.05) is 0 Å². The molecule has 0 aliphatic carbocycles. The largest absolute Gasteiger partial charge is 0.480 e. The van der Waals surface area contributed by atoms with Crippen LogP contribution in [-0.2, 0) is 4.79 Å². The number of aliphatic hydroxyl groups excluding tert-OH is 1. The Bertz CT molecular complexity index is 127. The first-order valence-corrected chi connectivity index (χ1v) is 3.46. The van der Waals surface area contributed by atoms with Crippen LogP contribution in [0.5, 0.6) is 0 Å². The highest BCUT2D eigenvalue weighted by molar-refractivity contribution is 5.72. The van der Waals surface area contributed by atoms with E-state index in [9.17, 15) is 4.79 Å². The average molecular weight is 162 g/mol. The van der Waals surface area contributed by atoms with Crippen molar-refractivity contribution in [2.24, 2.45) is 11.5 Å². The number of carboxylic acid groups (broad SMARTS) is 1. The zero-order chi connectivity index (χ0) is 8.85. The molecule has 0 rings (SSSR count). The summed E-state index contributed by atoms with van der Waals surface area (Å²) < 4.78 is 0. The quantitative estimate of drug-likeness (QED) is 0.381. The molecule has 0 aromatic carbocycles. The molecule has 2 atom stereocenters. The molecule has 0 radical (unpaired) electrons. The van der Waals surface area contributed by atoms with Crippen LogP contribution in [0.25, 0.3) is 0 Å². The molecule has 0 saturated carbocycles. The van der Waals surface area contributed by atoms with Gasteiger partial charge in [0.05, 0.1) is 0 Å². The van der Waals surface area contributed by atoms with Crippen molar-refractivity contribution in [3.05, 3.63) is 0 Å². The number of hydrogen-bond acceptors (Lipinski definition) is 4. The van der Waals surface area contributed by atoms with Crippen molar-refractivity contribution in [3.8, 4) is 0 Å². The fourth-order valence-electron chi connectivity index (χ4n) is 0.670. The summed E-state index contributed by atoms with van der Waals surface area (Å²) in [7, 11) is 0. The molecule has 0 bridgehead atoms. The molecule has 5 nitrogen and oxygen atoms in total. The van der Waals surface area contributed by atoms with E-state index in [2.05, 4.69) is 0 Å². The molecule has 0 aliphatic heterocycles. The van der Waals surface area contributed by atoms with Crippen LogP contribution in [0.2, 0.25) is 0 Å². The first-order valence-electron chi connectivity index (χ1n) is 3.46. The highest BCUT2D eigenvalue weighted by Crippen LogP contribution is 1.99. The van der Waals surface area contributed by atoms with Crippen LogP contribution in [0.3, 0.4) is 0 Å². The second-order valence-corrected chi connectivity index (χ2v) is 2.44. The SMILES string of the molecule is N[C@H](O)CCC[C@H](N)C(=O)O. The van der Waals surface area contributed by atoms with E-state index in [1.165, 1.54) is 0 Å². The summed E-state index contributed by atoms with van der Waals surface area (Å²) in [5.41, 5.74) is 10.2. The third-order valence-corrected chi connectivity index (χ3v) is 1.33. The molecular formula is C6H14N2O3. The molecule has 0 aromatic heterocycles. The molecule has 0 unspecified atom stereocenters. The Morgan fingerprint density at radius 2 is 1.91 bits per heavy atom. The van der Waals surface area contributed by atoms with Gasteiger partial charge in [-0.25, -0.2) is 0 Å². The Labute approximate surface area is 65.0 Å². The summed E-state index contributed by atoms with van der Waals surface area (Å²) in [6.07, 6.45) is 0.409. The molecular weight excluding hydrogens is 148 g/mol. The van der Waals surface area contributed by atoms with Gasteiger partial charge in [0.2, 0.25) is 0 Å². The monoisotopic (exact) mass is 162 g/mol. The minimum absolute atomic E-state index is 0.351. The molecule has 6 N–H and O–H groups in total. The van der Waals surface area contributed by atoms with Gasteiger partial charge in [0.25, 0.3) is 0 Å². The third kappa shape index (κ3) is 5.78. The van der Waals surface area contributed by atoms with Crippen molar-refractivity contribution in [3.63, 3.8) is 0 Å². The van der Waals surface area contributed by atoms with Crippen molar-refractivity contribution in [1.82, 2.24) is 0 Å².